The van der Waals surface area contributed by atoms with Crippen LogP contribution in [-0.4, -0.2) is 45.7 Å². The minimum Gasteiger partial charge on any atom is -0.478 e. The van der Waals surface area contributed by atoms with Crippen LogP contribution in [0.4, 0.5) is 8.78 Å². The summed E-state index contributed by atoms with van der Waals surface area (Å²) in [7, 11) is 0. The molecule has 2 heterocycles. The molecule has 0 aromatic carbocycles. The van der Waals surface area contributed by atoms with Gasteiger partial charge < -0.3 is 10.2 Å². The van der Waals surface area contributed by atoms with Crippen LogP contribution in [-0.2, 0) is 9.59 Å². The second-order valence-corrected chi connectivity index (χ2v) is 3.11. The highest BCUT2D eigenvalue weighted by molar-refractivity contribution is 6.03. The predicted molar refractivity (Wildman–Crippen MR) is 37.7 cm³/mol. The van der Waals surface area contributed by atoms with Gasteiger partial charge in [-0.25, -0.2) is 14.5 Å². The molecule has 2 rings (SSSR count). The molecule has 2 atom stereocenters. The van der Waals surface area contributed by atoms with Crippen LogP contribution in [0.15, 0.2) is 11.1 Å². The van der Waals surface area contributed by atoms with Gasteiger partial charge in [0.2, 0.25) is 0 Å². The zero-order valence-electron chi connectivity index (χ0n) is 6.70. The summed E-state index contributed by atoms with van der Waals surface area (Å²) in [5.74, 6) is -3.47. The molecule has 7 heteroatoms. The van der Waals surface area contributed by atoms with Gasteiger partial charge in [-0.15, -0.1) is 0 Å². The molecular weight excluding hydrogens is 200 g/mol. The molecule has 2 aliphatic heterocycles. The van der Waals surface area contributed by atoms with E-state index in [2.05, 4.69) is 0 Å². The summed E-state index contributed by atoms with van der Waals surface area (Å²) >= 11 is 0. The Balaban J connectivity index is 2.55. The summed E-state index contributed by atoms with van der Waals surface area (Å²) in [6.45, 7) is -0.0919. The minimum atomic E-state index is -3.65. The Hall–Kier alpha value is -1.50. The number of carboxylic acids is 2. The van der Waals surface area contributed by atoms with Crippen LogP contribution in [0.1, 0.15) is 0 Å². The van der Waals surface area contributed by atoms with Crippen molar-refractivity contribution < 1.29 is 28.6 Å². The number of hydrogen-bond acceptors (Lipinski definition) is 3. The molecule has 2 unspecified atom stereocenters. The monoisotopic (exact) mass is 205 g/mol. The Morgan fingerprint density at radius 1 is 1.36 bits per heavy atom. The number of hydrogen-bond donors (Lipinski definition) is 2. The number of carbonyl (C=O) groups is 2. The van der Waals surface area contributed by atoms with Crippen molar-refractivity contribution in [2.45, 2.75) is 12.1 Å². The quantitative estimate of drug-likeness (QED) is 0.479. The molecule has 0 saturated carbocycles. The van der Waals surface area contributed by atoms with Crippen LogP contribution in [0.2, 0.25) is 0 Å². The van der Waals surface area contributed by atoms with Crippen LogP contribution >= 0.6 is 0 Å². The van der Waals surface area contributed by atoms with Crippen molar-refractivity contribution in [1.29, 1.82) is 0 Å². The molecule has 1 fully saturated rings. The molecule has 0 aromatic heterocycles. The summed E-state index contributed by atoms with van der Waals surface area (Å²) in [5.41, 5.74) is -2.00. The first kappa shape index (κ1) is 9.07. The number of carboxylic acid groups (broad SMARTS) is 2. The molecule has 0 spiro atoms. The van der Waals surface area contributed by atoms with Crippen LogP contribution in [0.3, 0.4) is 0 Å². The van der Waals surface area contributed by atoms with Gasteiger partial charge in [-0.05, 0) is 0 Å². The molecule has 0 bridgehead atoms. The fourth-order valence-corrected chi connectivity index (χ4v) is 1.66. The molecule has 2 aliphatic rings. The first-order valence-electron chi connectivity index (χ1n) is 3.73. The molecule has 14 heavy (non-hydrogen) atoms. The Morgan fingerprint density at radius 2 is 1.93 bits per heavy atom. The van der Waals surface area contributed by atoms with Crippen LogP contribution in [0, 0.1) is 0 Å². The first-order valence-corrected chi connectivity index (χ1v) is 3.73. The van der Waals surface area contributed by atoms with E-state index in [1.807, 2.05) is 0 Å². The van der Waals surface area contributed by atoms with Gasteiger partial charge in [-0.2, -0.15) is 8.78 Å². The van der Waals surface area contributed by atoms with Crippen molar-refractivity contribution in [2.75, 3.05) is 6.54 Å². The highest BCUT2D eigenvalue weighted by Crippen LogP contribution is 2.49. The number of nitrogens with zero attached hydrogens (tertiary/aromatic N) is 1. The predicted octanol–water partition coefficient (Wildman–Crippen LogP) is -0.257. The lowest BCUT2D eigenvalue weighted by atomic mass is 10.1. The van der Waals surface area contributed by atoms with E-state index in [1.165, 1.54) is 0 Å². The molecule has 2 N–H and O–H groups in total. The molecule has 1 saturated heterocycles. The second kappa shape index (κ2) is 2.30. The molecule has 5 nitrogen and oxygen atoms in total. The fraction of sp³-hybridized carbons (Fsp3) is 0.429. The summed E-state index contributed by atoms with van der Waals surface area (Å²) in [5, 5.41) is 17.1. The highest BCUT2D eigenvalue weighted by atomic mass is 19.3. The third-order valence-electron chi connectivity index (χ3n) is 2.32. The van der Waals surface area contributed by atoms with E-state index in [1.54, 1.807) is 0 Å². The fourth-order valence-electron chi connectivity index (χ4n) is 1.66. The van der Waals surface area contributed by atoms with E-state index in [-0.39, 0.29) is 6.54 Å². The van der Waals surface area contributed by atoms with Crippen molar-refractivity contribution >= 4 is 11.9 Å². The van der Waals surface area contributed by atoms with Crippen molar-refractivity contribution in [2.24, 2.45) is 0 Å². The molecule has 0 aliphatic carbocycles. The Labute approximate surface area is 76.2 Å². The Kier molecular flexibility index (Phi) is 1.49. The van der Waals surface area contributed by atoms with Gasteiger partial charge in [-0.1, -0.05) is 0 Å². The third-order valence-corrected chi connectivity index (χ3v) is 2.32. The Morgan fingerprint density at radius 3 is 2.29 bits per heavy atom. The van der Waals surface area contributed by atoms with Crippen molar-refractivity contribution in [1.82, 2.24) is 4.90 Å². The molecule has 0 amide bonds. The topological polar surface area (TPSA) is 77.6 Å². The minimum absolute atomic E-state index is 0.0919. The molecular formula is C7H5F2NO4. The van der Waals surface area contributed by atoms with Gasteiger partial charge in [0.15, 0.2) is 0 Å². The lowest BCUT2D eigenvalue weighted by Crippen LogP contribution is -2.31. The number of rotatable bonds is 2. The van der Waals surface area contributed by atoms with Crippen molar-refractivity contribution in [3.8, 4) is 0 Å². The summed E-state index contributed by atoms with van der Waals surface area (Å²) in [4.78, 5) is 21.6. The van der Waals surface area contributed by atoms with Gasteiger partial charge in [0, 0.05) is 6.54 Å². The number of halogens is 2. The normalized spacial score (nSPS) is 32.7. The maximum absolute atomic E-state index is 13.1. The molecule has 0 radical (unpaired) electrons. The number of aliphatic carboxylic acids is 2. The maximum Gasteiger partial charge on any atom is 0.340 e. The standard InChI is InChI=1S/C7H5F2NO4/c8-7(9)4(6(13)14)3(5(11)12)2-1-10(2)7/h2H,1H2,(H,11,12)(H,13,14). The van der Waals surface area contributed by atoms with E-state index >= 15 is 0 Å². The molecule has 0 aromatic rings. The maximum atomic E-state index is 13.1. The van der Waals surface area contributed by atoms with Gasteiger partial charge >= 0.3 is 18.0 Å². The second-order valence-electron chi connectivity index (χ2n) is 3.11. The van der Waals surface area contributed by atoms with Crippen molar-refractivity contribution in [3.63, 3.8) is 0 Å². The van der Waals surface area contributed by atoms with E-state index in [0.717, 1.165) is 0 Å². The largest absolute Gasteiger partial charge is 0.478 e. The van der Waals surface area contributed by atoms with E-state index in [9.17, 15) is 18.4 Å². The van der Waals surface area contributed by atoms with Crippen LogP contribution in [0.5, 0.6) is 0 Å². The lowest BCUT2D eigenvalue weighted by Gasteiger charge is -2.13. The zero-order valence-corrected chi connectivity index (χ0v) is 6.70. The van der Waals surface area contributed by atoms with Gasteiger partial charge in [0.05, 0.1) is 11.6 Å². The first-order chi connectivity index (χ1) is 6.37. The van der Waals surface area contributed by atoms with Gasteiger partial charge in [0.1, 0.15) is 5.57 Å². The third kappa shape index (κ3) is 0.897. The van der Waals surface area contributed by atoms with Crippen LogP contribution < -0.4 is 0 Å². The summed E-state index contributed by atoms with van der Waals surface area (Å²) in [6.07, 6.45) is 0. The summed E-state index contributed by atoms with van der Waals surface area (Å²) < 4.78 is 26.3. The zero-order chi connectivity index (χ0) is 10.7. The van der Waals surface area contributed by atoms with E-state index < -0.39 is 35.2 Å². The average Bonchev–Trinajstić information content (AvgIpc) is 2.72. The SMILES string of the molecule is O=C(O)C1=C(C(=O)O)C(F)(F)N2CC12. The van der Waals surface area contributed by atoms with E-state index in [0.29, 0.717) is 4.90 Å². The van der Waals surface area contributed by atoms with Crippen LogP contribution in [0.25, 0.3) is 0 Å². The summed E-state index contributed by atoms with van der Waals surface area (Å²) in [6, 6.07) is -4.59. The van der Waals surface area contributed by atoms with Gasteiger partial charge in [-0.3, -0.25) is 0 Å². The number of alkyl halides is 2. The van der Waals surface area contributed by atoms with Gasteiger partial charge in [0.25, 0.3) is 0 Å². The Bertz CT molecular complexity index is 376. The smallest absolute Gasteiger partial charge is 0.340 e. The van der Waals surface area contributed by atoms with E-state index in [4.69, 9.17) is 10.2 Å². The average molecular weight is 205 g/mol. The van der Waals surface area contributed by atoms with Crippen molar-refractivity contribution in [3.05, 3.63) is 11.1 Å². The highest BCUT2D eigenvalue weighted by Gasteiger charge is 2.66. The number of fused-ring (bicyclic) bond motifs is 1. The lowest BCUT2D eigenvalue weighted by molar-refractivity contribution is -0.140. The molecule has 76 valence electrons.